The number of unbranched alkanes of at least 4 members (excludes halogenated alkanes) is 2. The van der Waals surface area contributed by atoms with Crippen molar-refractivity contribution < 1.29 is 19.1 Å². The number of nitrogens with two attached hydrogens (primary N) is 1. The fourth-order valence-corrected chi connectivity index (χ4v) is 1.91. The molecule has 0 heterocycles. The van der Waals surface area contributed by atoms with Crippen molar-refractivity contribution in [2.75, 3.05) is 19.5 Å². The van der Waals surface area contributed by atoms with Crippen LogP contribution in [0, 0.1) is 0 Å². The number of methoxy groups -OCH3 is 1. The summed E-state index contributed by atoms with van der Waals surface area (Å²) in [5.74, 6) is 0.306. The molecule has 0 aromatic carbocycles. The summed E-state index contributed by atoms with van der Waals surface area (Å²) in [5.41, 5.74) is 5.58. The maximum atomic E-state index is 11.2. The van der Waals surface area contributed by atoms with Crippen LogP contribution in [0.1, 0.15) is 39.0 Å². The van der Waals surface area contributed by atoms with Crippen LogP contribution in [-0.2, 0) is 14.3 Å². The number of carbonyl (C=O) groups excluding carboxylic acids is 2. The van der Waals surface area contributed by atoms with Gasteiger partial charge in [-0.1, -0.05) is 19.8 Å². The molecule has 1 unspecified atom stereocenters. The van der Waals surface area contributed by atoms with Crippen LogP contribution >= 0.6 is 11.8 Å². The molecule has 0 amide bonds. The average Bonchev–Trinajstić information content (AvgIpc) is 2.37. The minimum Gasteiger partial charge on any atom is -0.468 e. The van der Waals surface area contributed by atoms with Crippen LogP contribution in [-0.4, -0.2) is 36.8 Å². The van der Waals surface area contributed by atoms with Gasteiger partial charge in [0.25, 0.3) is 0 Å². The Balaban J connectivity index is 3.39. The molecule has 2 N–H and O–H groups in total. The summed E-state index contributed by atoms with van der Waals surface area (Å²) in [7, 11) is 1.32. The highest BCUT2D eigenvalue weighted by Gasteiger charge is 2.12. The molecule has 0 spiro atoms. The molecule has 0 radical (unpaired) electrons. The zero-order valence-corrected chi connectivity index (χ0v) is 12.0. The van der Waals surface area contributed by atoms with Crippen LogP contribution in [0.15, 0.2) is 0 Å². The third kappa shape index (κ3) is 9.30. The molecule has 0 fully saturated rings. The van der Waals surface area contributed by atoms with Gasteiger partial charge in [0.1, 0.15) is 6.04 Å². The number of thioether (sulfide) groups is 1. The Hall–Kier alpha value is -0.750. The molecule has 0 aliphatic rings. The zero-order valence-electron chi connectivity index (χ0n) is 11.1. The van der Waals surface area contributed by atoms with E-state index >= 15 is 0 Å². The van der Waals surface area contributed by atoms with Crippen LogP contribution in [0.2, 0.25) is 0 Å². The molecule has 0 aromatic heterocycles. The number of esters is 1. The van der Waals surface area contributed by atoms with Crippen molar-refractivity contribution in [2.24, 2.45) is 5.73 Å². The first-order valence-corrected chi connectivity index (χ1v) is 7.23. The van der Waals surface area contributed by atoms with E-state index in [0.29, 0.717) is 18.8 Å². The van der Waals surface area contributed by atoms with Gasteiger partial charge >= 0.3 is 11.3 Å². The SMILES string of the molecule is CCCCOC(=O)SCCCCC(N)C(=O)OC. The Kier molecular flexibility index (Phi) is 10.9. The number of carbonyl (C=O) groups is 2. The van der Waals surface area contributed by atoms with Gasteiger partial charge in [-0.15, -0.1) is 0 Å². The lowest BCUT2D eigenvalue weighted by Gasteiger charge is -2.08. The molecule has 6 heteroatoms. The van der Waals surface area contributed by atoms with Gasteiger partial charge in [-0.05, 0) is 31.0 Å². The van der Waals surface area contributed by atoms with Crippen molar-refractivity contribution in [1.82, 2.24) is 0 Å². The Morgan fingerprint density at radius 2 is 2.00 bits per heavy atom. The summed E-state index contributed by atoms with van der Waals surface area (Å²) >= 11 is 1.17. The van der Waals surface area contributed by atoms with Crippen molar-refractivity contribution in [2.45, 2.75) is 45.1 Å². The first-order chi connectivity index (χ1) is 8.61. The van der Waals surface area contributed by atoms with Crippen LogP contribution in [0.4, 0.5) is 4.79 Å². The van der Waals surface area contributed by atoms with Crippen LogP contribution in [0.3, 0.4) is 0 Å². The second-order valence-electron chi connectivity index (χ2n) is 3.93. The van der Waals surface area contributed by atoms with Crippen molar-refractivity contribution in [3.05, 3.63) is 0 Å². The Morgan fingerprint density at radius 1 is 1.28 bits per heavy atom. The molecule has 0 aliphatic carbocycles. The standard InChI is InChI=1S/C12H23NO4S/c1-3-4-8-17-12(15)18-9-6-5-7-10(13)11(14)16-2/h10H,3-9,13H2,1-2H3. The zero-order chi connectivity index (χ0) is 13.8. The lowest BCUT2D eigenvalue weighted by atomic mass is 10.1. The average molecular weight is 277 g/mol. The van der Waals surface area contributed by atoms with Gasteiger partial charge in [0.2, 0.25) is 0 Å². The van der Waals surface area contributed by atoms with Crippen molar-refractivity contribution in [3.8, 4) is 0 Å². The summed E-state index contributed by atoms with van der Waals surface area (Å²) in [6.45, 7) is 2.54. The van der Waals surface area contributed by atoms with E-state index in [1.54, 1.807) is 0 Å². The van der Waals surface area contributed by atoms with E-state index in [1.165, 1.54) is 18.9 Å². The molecule has 5 nitrogen and oxygen atoms in total. The highest BCUT2D eigenvalue weighted by Crippen LogP contribution is 2.11. The highest BCUT2D eigenvalue weighted by atomic mass is 32.2. The van der Waals surface area contributed by atoms with E-state index in [4.69, 9.17) is 10.5 Å². The van der Waals surface area contributed by atoms with Crippen molar-refractivity contribution in [3.63, 3.8) is 0 Å². The van der Waals surface area contributed by atoms with Crippen LogP contribution in [0.5, 0.6) is 0 Å². The van der Waals surface area contributed by atoms with E-state index in [2.05, 4.69) is 4.74 Å². The summed E-state index contributed by atoms with van der Waals surface area (Å²) in [4.78, 5) is 22.2. The quantitative estimate of drug-likeness (QED) is 0.515. The smallest absolute Gasteiger partial charge is 0.367 e. The predicted molar refractivity (Wildman–Crippen MR) is 72.6 cm³/mol. The van der Waals surface area contributed by atoms with Crippen molar-refractivity contribution >= 4 is 23.0 Å². The van der Waals surface area contributed by atoms with Gasteiger partial charge in [-0.2, -0.15) is 0 Å². The van der Waals surface area contributed by atoms with E-state index < -0.39 is 6.04 Å². The van der Waals surface area contributed by atoms with Gasteiger partial charge in [0.15, 0.2) is 0 Å². The van der Waals surface area contributed by atoms with E-state index in [0.717, 1.165) is 25.7 Å². The van der Waals surface area contributed by atoms with Crippen LogP contribution < -0.4 is 5.73 Å². The van der Waals surface area contributed by atoms with Gasteiger partial charge < -0.3 is 15.2 Å². The molecule has 0 bridgehead atoms. The summed E-state index contributed by atoms with van der Waals surface area (Å²) in [5, 5.41) is -0.222. The topological polar surface area (TPSA) is 78.6 Å². The Labute approximate surface area is 113 Å². The normalized spacial score (nSPS) is 11.9. The van der Waals surface area contributed by atoms with Gasteiger partial charge in [-0.3, -0.25) is 4.79 Å². The third-order valence-corrected chi connectivity index (χ3v) is 3.20. The molecule has 106 valence electrons. The van der Waals surface area contributed by atoms with E-state index in [1.807, 2.05) is 6.92 Å². The highest BCUT2D eigenvalue weighted by molar-refractivity contribution is 8.13. The predicted octanol–water partition coefficient (Wildman–Crippen LogP) is 2.33. The molecule has 1 atom stereocenters. The molecule has 0 rings (SSSR count). The Bertz CT molecular complexity index is 248. The molecule has 0 aromatic rings. The van der Waals surface area contributed by atoms with E-state index in [-0.39, 0.29) is 11.3 Å². The monoisotopic (exact) mass is 277 g/mol. The fourth-order valence-electron chi connectivity index (χ4n) is 1.23. The molecular formula is C12H23NO4S. The maximum absolute atomic E-state index is 11.2. The second-order valence-corrected chi connectivity index (χ2v) is 4.96. The Morgan fingerprint density at radius 3 is 2.61 bits per heavy atom. The summed E-state index contributed by atoms with van der Waals surface area (Å²) < 4.78 is 9.51. The molecule has 0 aliphatic heterocycles. The van der Waals surface area contributed by atoms with Gasteiger partial charge in [0, 0.05) is 5.75 Å². The maximum Gasteiger partial charge on any atom is 0.367 e. The molecule has 18 heavy (non-hydrogen) atoms. The lowest BCUT2D eigenvalue weighted by Crippen LogP contribution is -2.31. The molecular weight excluding hydrogens is 254 g/mol. The minimum absolute atomic E-state index is 0.222. The van der Waals surface area contributed by atoms with Crippen molar-refractivity contribution in [1.29, 1.82) is 0 Å². The molecule has 0 saturated carbocycles. The number of hydrogen-bond donors (Lipinski definition) is 1. The van der Waals surface area contributed by atoms with Crippen LogP contribution in [0.25, 0.3) is 0 Å². The van der Waals surface area contributed by atoms with Gasteiger partial charge in [0.05, 0.1) is 13.7 Å². The number of rotatable bonds is 9. The number of ether oxygens (including phenoxy) is 2. The number of hydrogen-bond acceptors (Lipinski definition) is 6. The first kappa shape index (κ1) is 17.2. The fraction of sp³-hybridized carbons (Fsp3) is 0.833. The molecule has 0 saturated heterocycles. The largest absolute Gasteiger partial charge is 0.468 e. The summed E-state index contributed by atoms with van der Waals surface area (Å²) in [6.07, 6.45) is 4.13. The third-order valence-electron chi connectivity index (χ3n) is 2.35. The van der Waals surface area contributed by atoms with E-state index in [9.17, 15) is 9.59 Å². The summed E-state index contributed by atoms with van der Waals surface area (Å²) in [6, 6.07) is -0.559. The minimum atomic E-state index is -0.559. The second kappa shape index (κ2) is 11.3. The lowest BCUT2D eigenvalue weighted by molar-refractivity contribution is -0.142. The van der Waals surface area contributed by atoms with Gasteiger partial charge in [-0.25, -0.2) is 4.79 Å². The first-order valence-electron chi connectivity index (χ1n) is 6.24.